The molecule has 0 unspecified atom stereocenters. The highest BCUT2D eigenvalue weighted by molar-refractivity contribution is 14.1. The highest BCUT2D eigenvalue weighted by atomic mass is 127. The van der Waals surface area contributed by atoms with Gasteiger partial charge < -0.3 is 9.47 Å². The summed E-state index contributed by atoms with van der Waals surface area (Å²) in [6, 6.07) is 14.1. The second-order valence-corrected chi connectivity index (χ2v) is 8.18. The molecule has 1 aliphatic rings. The van der Waals surface area contributed by atoms with E-state index in [1.165, 1.54) is 0 Å². The molecule has 0 fully saturated rings. The van der Waals surface area contributed by atoms with E-state index in [2.05, 4.69) is 42.9 Å². The predicted octanol–water partition coefficient (Wildman–Crippen LogP) is 3.36. The third-order valence-electron chi connectivity index (χ3n) is 4.62. The summed E-state index contributed by atoms with van der Waals surface area (Å²) in [7, 11) is 0. The van der Waals surface area contributed by atoms with E-state index in [0.717, 1.165) is 26.5 Å². The van der Waals surface area contributed by atoms with Crippen molar-refractivity contribution < 1.29 is 9.47 Å². The fourth-order valence-electron chi connectivity index (χ4n) is 3.20. The summed E-state index contributed by atoms with van der Waals surface area (Å²) in [5.41, 5.74) is 1.97. The summed E-state index contributed by atoms with van der Waals surface area (Å²) in [5.74, 6) is 0.766. The molecule has 0 bridgehead atoms. The Bertz CT molecular complexity index is 1120. The Morgan fingerprint density at radius 3 is 2.76 bits per heavy atom. The van der Waals surface area contributed by atoms with Crippen LogP contribution >= 0.6 is 22.6 Å². The van der Waals surface area contributed by atoms with Crippen LogP contribution in [0.15, 0.2) is 61.1 Å². The van der Waals surface area contributed by atoms with Gasteiger partial charge in [-0.25, -0.2) is 4.68 Å². The van der Waals surface area contributed by atoms with E-state index < -0.39 is 5.60 Å². The van der Waals surface area contributed by atoms with Crippen LogP contribution in [0.25, 0.3) is 17.1 Å². The van der Waals surface area contributed by atoms with Crippen molar-refractivity contribution >= 4 is 22.6 Å². The molecule has 0 amide bonds. The first-order valence-electron chi connectivity index (χ1n) is 9.07. The van der Waals surface area contributed by atoms with Gasteiger partial charge in [0, 0.05) is 12.4 Å². The molecule has 1 aromatic carbocycles. The number of fused-ring (bicyclic) bond motifs is 1. The smallest absolute Gasteiger partial charge is 0.298 e. The Hall–Kier alpha value is -2.95. The predicted molar refractivity (Wildman–Crippen MR) is 114 cm³/mol. The second kappa shape index (κ2) is 7.14. The summed E-state index contributed by atoms with van der Waals surface area (Å²) in [6.07, 6.45) is 5.57. The number of imidazole rings is 1. The Morgan fingerprint density at radius 2 is 2.00 bits per heavy atom. The van der Waals surface area contributed by atoms with Crippen LogP contribution in [0.2, 0.25) is 0 Å². The van der Waals surface area contributed by atoms with Crippen LogP contribution in [0.4, 0.5) is 0 Å². The highest BCUT2D eigenvalue weighted by Crippen LogP contribution is 2.30. The fourth-order valence-corrected chi connectivity index (χ4v) is 3.75. The zero-order valence-corrected chi connectivity index (χ0v) is 17.7. The first kappa shape index (κ1) is 18.1. The van der Waals surface area contributed by atoms with Crippen molar-refractivity contribution in [3.05, 3.63) is 64.8 Å². The molecule has 5 rings (SSSR count). The lowest BCUT2D eigenvalue weighted by atomic mass is 10.1. The standard InChI is InChI=1S/C20H17IN6O2/c1-20(12-26-11-18(21)23-19(26)29-20)13-28-15-7-5-14(6-8-15)27-10-17(24-25-27)16-4-2-3-9-22-16/h2-11H,12-13H2,1H3/t20-/m1/s1. The molecular weight excluding hydrogens is 483 g/mol. The van der Waals surface area contributed by atoms with Crippen LogP contribution in [0, 0.1) is 3.70 Å². The highest BCUT2D eigenvalue weighted by Gasteiger charge is 2.37. The van der Waals surface area contributed by atoms with E-state index in [4.69, 9.17) is 9.47 Å². The molecular formula is C20H17IN6O2. The van der Waals surface area contributed by atoms with E-state index in [0.29, 0.717) is 19.2 Å². The van der Waals surface area contributed by atoms with Crippen molar-refractivity contribution in [2.75, 3.05) is 6.61 Å². The molecule has 4 aromatic rings. The van der Waals surface area contributed by atoms with Crippen LogP contribution in [0.1, 0.15) is 6.92 Å². The average Bonchev–Trinajstić information content (AvgIpc) is 3.41. The average molecular weight is 500 g/mol. The van der Waals surface area contributed by atoms with E-state index in [-0.39, 0.29) is 0 Å². The molecule has 8 nitrogen and oxygen atoms in total. The molecule has 146 valence electrons. The van der Waals surface area contributed by atoms with Gasteiger partial charge in [-0.15, -0.1) is 5.10 Å². The maximum atomic E-state index is 5.97. The number of halogens is 1. The first-order valence-corrected chi connectivity index (χ1v) is 10.1. The molecule has 29 heavy (non-hydrogen) atoms. The van der Waals surface area contributed by atoms with E-state index in [1.807, 2.05) is 66.3 Å². The Morgan fingerprint density at radius 1 is 1.14 bits per heavy atom. The SMILES string of the molecule is C[C@]1(COc2ccc(-n3cc(-c4ccccn4)nn3)cc2)Cn2cc(I)nc2O1. The Labute approximate surface area is 180 Å². The molecule has 0 saturated carbocycles. The lowest BCUT2D eigenvalue weighted by Crippen LogP contribution is -2.38. The number of rotatable bonds is 5. The molecule has 0 spiro atoms. The topological polar surface area (TPSA) is 79.9 Å². The van der Waals surface area contributed by atoms with Gasteiger partial charge in [0.05, 0.1) is 24.1 Å². The van der Waals surface area contributed by atoms with Crippen molar-refractivity contribution in [3.63, 3.8) is 0 Å². The maximum absolute atomic E-state index is 5.97. The van der Waals surface area contributed by atoms with Crippen molar-refractivity contribution in [1.82, 2.24) is 29.5 Å². The van der Waals surface area contributed by atoms with Crippen LogP contribution in [0.5, 0.6) is 11.8 Å². The van der Waals surface area contributed by atoms with Crippen molar-refractivity contribution in [1.29, 1.82) is 0 Å². The third kappa shape index (κ3) is 3.69. The van der Waals surface area contributed by atoms with Crippen molar-refractivity contribution in [3.8, 4) is 28.8 Å². The summed E-state index contributed by atoms with van der Waals surface area (Å²) in [5, 5.41) is 8.39. The van der Waals surface area contributed by atoms with Crippen LogP contribution < -0.4 is 9.47 Å². The van der Waals surface area contributed by atoms with Gasteiger partial charge in [0.1, 0.15) is 21.8 Å². The van der Waals surface area contributed by atoms with E-state index in [9.17, 15) is 0 Å². The molecule has 0 radical (unpaired) electrons. The number of nitrogens with zero attached hydrogens (tertiary/aromatic N) is 6. The molecule has 9 heteroatoms. The number of aromatic nitrogens is 6. The minimum atomic E-state index is -0.436. The number of pyridine rings is 1. The quantitative estimate of drug-likeness (QED) is 0.391. The van der Waals surface area contributed by atoms with Crippen molar-refractivity contribution in [2.24, 2.45) is 0 Å². The minimum absolute atomic E-state index is 0.430. The molecule has 0 aliphatic carbocycles. The fraction of sp³-hybridized carbons (Fsp3) is 0.200. The largest absolute Gasteiger partial charge is 0.489 e. The maximum Gasteiger partial charge on any atom is 0.298 e. The monoisotopic (exact) mass is 500 g/mol. The van der Waals surface area contributed by atoms with Crippen LogP contribution in [-0.2, 0) is 6.54 Å². The normalized spacial score (nSPS) is 17.7. The second-order valence-electron chi connectivity index (χ2n) is 7.07. The molecule has 3 aromatic heterocycles. The number of hydrogen-bond acceptors (Lipinski definition) is 6. The van der Waals surface area contributed by atoms with E-state index in [1.54, 1.807) is 10.9 Å². The zero-order valence-electron chi connectivity index (χ0n) is 15.6. The van der Waals surface area contributed by atoms with Crippen molar-refractivity contribution in [2.45, 2.75) is 19.1 Å². The molecule has 1 atom stereocenters. The van der Waals surface area contributed by atoms with Crippen LogP contribution in [-0.4, -0.2) is 41.7 Å². The summed E-state index contributed by atoms with van der Waals surface area (Å²) >= 11 is 2.18. The minimum Gasteiger partial charge on any atom is -0.489 e. The summed E-state index contributed by atoms with van der Waals surface area (Å²) < 4.78 is 16.6. The lowest BCUT2D eigenvalue weighted by molar-refractivity contribution is 0.0503. The zero-order chi connectivity index (χ0) is 19.8. The van der Waals surface area contributed by atoms with Gasteiger partial charge in [-0.05, 0) is 65.9 Å². The molecule has 0 saturated heterocycles. The summed E-state index contributed by atoms with van der Waals surface area (Å²) in [6.45, 7) is 3.17. The van der Waals surface area contributed by atoms with Crippen LogP contribution in [0.3, 0.4) is 0 Å². The Kier molecular flexibility index (Phi) is 4.46. The van der Waals surface area contributed by atoms with E-state index >= 15 is 0 Å². The van der Waals surface area contributed by atoms with Gasteiger partial charge >= 0.3 is 0 Å². The Balaban J connectivity index is 1.24. The lowest BCUT2D eigenvalue weighted by Gasteiger charge is -2.22. The molecule has 4 heterocycles. The number of hydrogen-bond donors (Lipinski definition) is 0. The van der Waals surface area contributed by atoms with Gasteiger partial charge in [-0.3, -0.25) is 9.55 Å². The first-order chi connectivity index (χ1) is 14.1. The van der Waals surface area contributed by atoms with Gasteiger partial charge in [0.15, 0.2) is 5.60 Å². The third-order valence-corrected chi connectivity index (χ3v) is 5.14. The molecule has 0 N–H and O–H groups in total. The summed E-state index contributed by atoms with van der Waals surface area (Å²) in [4.78, 5) is 8.66. The van der Waals surface area contributed by atoms with Gasteiger partial charge in [-0.2, -0.15) is 4.98 Å². The number of ether oxygens (including phenoxy) is 2. The molecule has 1 aliphatic heterocycles. The van der Waals surface area contributed by atoms with Gasteiger partial charge in [0.2, 0.25) is 0 Å². The van der Waals surface area contributed by atoms with Gasteiger partial charge in [-0.1, -0.05) is 11.3 Å². The van der Waals surface area contributed by atoms with Gasteiger partial charge in [0.25, 0.3) is 6.01 Å². The number of benzene rings is 1.